The fraction of sp³-hybridized carbons (Fsp3) is 0.368. The van der Waals surface area contributed by atoms with Crippen LogP contribution in [0.1, 0.15) is 12.5 Å². The van der Waals surface area contributed by atoms with E-state index in [1.807, 2.05) is 43.3 Å². The number of guanidine groups is 1. The first-order chi connectivity index (χ1) is 12.8. The van der Waals surface area contributed by atoms with Crippen molar-refractivity contribution < 1.29 is 9.47 Å². The predicted molar refractivity (Wildman–Crippen MR) is 109 cm³/mol. The van der Waals surface area contributed by atoms with Gasteiger partial charge in [0.25, 0.3) is 0 Å². The maximum absolute atomic E-state index is 5.83. The van der Waals surface area contributed by atoms with Crippen LogP contribution in [0.2, 0.25) is 0 Å². The standard InChI is InChI=1S/C19H26N4O2S/c1-4-24-16-7-5-6-8-17(16)25-18-10-9-15(13-22-18)14-23-19(20-2)21-11-12-26-3/h5-10,13H,4,11-12,14H2,1-3H3,(H2,20,21,23). The van der Waals surface area contributed by atoms with Crippen LogP contribution in [-0.2, 0) is 6.54 Å². The Balaban J connectivity index is 1.90. The second-order valence-electron chi connectivity index (χ2n) is 5.33. The molecule has 0 aliphatic carbocycles. The van der Waals surface area contributed by atoms with E-state index in [9.17, 15) is 0 Å². The molecule has 6 nitrogen and oxygen atoms in total. The number of nitrogens with zero attached hydrogens (tertiary/aromatic N) is 2. The van der Waals surface area contributed by atoms with E-state index in [0.29, 0.717) is 30.5 Å². The van der Waals surface area contributed by atoms with Crippen LogP contribution in [0.3, 0.4) is 0 Å². The summed E-state index contributed by atoms with van der Waals surface area (Å²) in [6.07, 6.45) is 3.88. The molecule has 2 rings (SSSR count). The molecule has 0 aliphatic heterocycles. The maximum Gasteiger partial charge on any atom is 0.219 e. The number of nitrogens with one attached hydrogen (secondary N) is 2. The molecule has 0 atom stereocenters. The Morgan fingerprint density at radius 1 is 1.15 bits per heavy atom. The maximum atomic E-state index is 5.83. The highest BCUT2D eigenvalue weighted by Gasteiger charge is 2.06. The van der Waals surface area contributed by atoms with E-state index in [2.05, 4.69) is 26.9 Å². The molecule has 26 heavy (non-hydrogen) atoms. The van der Waals surface area contributed by atoms with E-state index in [4.69, 9.17) is 9.47 Å². The second kappa shape index (κ2) is 11.3. The normalized spacial score (nSPS) is 11.1. The van der Waals surface area contributed by atoms with Crippen molar-refractivity contribution in [3.05, 3.63) is 48.2 Å². The van der Waals surface area contributed by atoms with Crippen molar-refractivity contribution in [2.75, 3.05) is 32.2 Å². The van der Waals surface area contributed by atoms with Crippen LogP contribution in [0, 0.1) is 0 Å². The van der Waals surface area contributed by atoms with Crippen molar-refractivity contribution in [3.8, 4) is 17.4 Å². The minimum atomic E-state index is 0.531. The molecule has 0 unspecified atom stereocenters. The van der Waals surface area contributed by atoms with Crippen LogP contribution in [0.15, 0.2) is 47.6 Å². The quantitative estimate of drug-likeness (QED) is 0.399. The third-order valence-corrected chi connectivity index (χ3v) is 4.06. The van der Waals surface area contributed by atoms with Gasteiger partial charge in [0.2, 0.25) is 5.88 Å². The van der Waals surface area contributed by atoms with Crippen molar-refractivity contribution >= 4 is 17.7 Å². The number of benzene rings is 1. The molecule has 0 fully saturated rings. The number of thioether (sulfide) groups is 1. The van der Waals surface area contributed by atoms with E-state index in [1.54, 1.807) is 25.0 Å². The summed E-state index contributed by atoms with van der Waals surface area (Å²) in [6.45, 7) is 4.05. The van der Waals surface area contributed by atoms with Crippen LogP contribution in [0.4, 0.5) is 0 Å². The Bertz CT molecular complexity index is 692. The zero-order chi connectivity index (χ0) is 18.6. The zero-order valence-electron chi connectivity index (χ0n) is 15.5. The summed E-state index contributed by atoms with van der Waals surface area (Å²) >= 11 is 1.80. The van der Waals surface area contributed by atoms with Gasteiger partial charge in [-0.05, 0) is 30.9 Å². The van der Waals surface area contributed by atoms with E-state index in [-0.39, 0.29) is 0 Å². The number of para-hydroxylation sites is 2. The summed E-state index contributed by atoms with van der Waals surface area (Å²) in [4.78, 5) is 8.57. The Morgan fingerprint density at radius 3 is 2.62 bits per heavy atom. The molecule has 7 heteroatoms. The molecule has 2 N–H and O–H groups in total. The molecular weight excluding hydrogens is 348 g/mol. The third-order valence-electron chi connectivity index (χ3n) is 3.44. The second-order valence-corrected chi connectivity index (χ2v) is 6.32. The van der Waals surface area contributed by atoms with Gasteiger partial charge in [0.15, 0.2) is 17.5 Å². The highest BCUT2D eigenvalue weighted by molar-refractivity contribution is 7.98. The van der Waals surface area contributed by atoms with Crippen LogP contribution in [0.25, 0.3) is 0 Å². The molecule has 1 aromatic heterocycles. The van der Waals surface area contributed by atoms with Crippen molar-refractivity contribution in [1.82, 2.24) is 15.6 Å². The van der Waals surface area contributed by atoms with Crippen molar-refractivity contribution in [3.63, 3.8) is 0 Å². The van der Waals surface area contributed by atoms with Gasteiger partial charge in [-0.1, -0.05) is 18.2 Å². The Kier molecular flexibility index (Phi) is 8.62. The lowest BCUT2D eigenvalue weighted by molar-refractivity contribution is 0.319. The number of aliphatic imine (C=N–C) groups is 1. The number of aromatic nitrogens is 1. The van der Waals surface area contributed by atoms with Gasteiger partial charge in [0, 0.05) is 38.2 Å². The van der Waals surface area contributed by atoms with Crippen LogP contribution >= 0.6 is 11.8 Å². The summed E-state index contributed by atoms with van der Waals surface area (Å²) in [5.74, 6) is 3.72. The van der Waals surface area contributed by atoms with E-state index < -0.39 is 0 Å². The number of rotatable bonds is 9. The van der Waals surface area contributed by atoms with Gasteiger partial charge in [-0.25, -0.2) is 4.98 Å². The summed E-state index contributed by atoms with van der Waals surface area (Å²) in [7, 11) is 1.76. The van der Waals surface area contributed by atoms with Gasteiger partial charge >= 0.3 is 0 Å². The topological polar surface area (TPSA) is 67.8 Å². The largest absolute Gasteiger partial charge is 0.490 e. The lowest BCUT2D eigenvalue weighted by Crippen LogP contribution is -2.37. The number of pyridine rings is 1. The smallest absolute Gasteiger partial charge is 0.219 e. The lowest BCUT2D eigenvalue weighted by atomic mass is 10.3. The first kappa shape index (κ1) is 19.9. The van der Waals surface area contributed by atoms with E-state index in [1.165, 1.54) is 0 Å². The SMILES string of the molecule is CCOc1ccccc1Oc1ccc(CNC(=NC)NCCSC)cn1. The number of hydrogen-bond donors (Lipinski definition) is 2. The molecule has 1 heterocycles. The summed E-state index contributed by atoms with van der Waals surface area (Å²) in [5.41, 5.74) is 1.04. The Labute approximate surface area is 159 Å². The zero-order valence-corrected chi connectivity index (χ0v) is 16.3. The van der Waals surface area contributed by atoms with E-state index in [0.717, 1.165) is 23.8 Å². The molecule has 0 spiro atoms. The van der Waals surface area contributed by atoms with Gasteiger partial charge in [-0.3, -0.25) is 4.99 Å². The molecule has 0 aliphatic rings. The Morgan fingerprint density at radius 2 is 1.96 bits per heavy atom. The molecule has 0 amide bonds. The third kappa shape index (κ3) is 6.48. The average Bonchev–Trinajstić information content (AvgIpc) is 2.67. The Hall–Kier alpha value is -2.41. The van der Waals surface area contributed by atoms with Gasteiger partial charge < -0.3 is 20.1 Å². The highest BCUT2D eigenvalue weighted by Crippen LogP contribution is 2.30. The van der Waals surface area contributed by atoms with E-state index >= 15 is 0 Å². The van der Waals surface area contributed by atoms with Crippen molar-refractivity contribution in [2.45, 2.75) is 13.5 Å². The fourth-order valence-electron chi connectivity index (χ4n) is 2.18. The fourth-order valence-corrected chi connectivity index (χ4v) is 2.48. The molecular formula is C19H26N4O2S. The van der Waals surface area contributed by atoms with Gasteiger partial charge in [-0.15, -0.1) is 0 Å². The van der Waals surface area contributed by atoms with Gasteiger partial charge in [0.05, 0.1) is 6.61 Å². The lowest BCUT2D eigenvalue weighted by Gasteiger charge is -2.12. The van der Waals surface area contributed by atoms with Gasteiger partial charge in [-0.2, -0.15) is 11.8 Å². The molecule has 2 aromatic rings. The highest BCUT2D eigenvalue weighted by atomic mass is 32.2. The van der Waals surface area contributed by atoms with Crippen molar-refractivity contribution in [1.29, 1.82) is 0 Å². The van der Waals surface area contributed by atoms with Crippen molar-refractivity contribution in [2.24, 2.45) is 4.99 Å². The molecule has 0 saturated heterocycles. The van der Waals surface area contributed by atoms with Crippen LogP contribution < -0.4 is 20.1 Å². The monoisotopic (exact) mass is 374 g/mol. The molecule has 140 valence electrons. The minimum absolute atomic E-state index is 0.531. The van der Waals surface area contributed by atoms with Crippen LogP contribution in [-0.4, -0.2) is 43.2 Å². The summed E-state index contributed by atoms with van der Waals surface area (Å²) in [5, 5.41) is 6.53. The molecule has 1 aromatic carbocycles. The molecule has 0 radical (unpaired) electrons. The minimum Gasteiger partial charge on any atom is -0.490 e. The first-order valence-electron chi connectivity index (χ1n) is 8.55. The van der Waals surface area contributed by atoms with Crippen LogP contribution in [0.5, 0.6) is 17.4 Å². The first-order valence-corrected chi connectivity index (χ1v) is 9.94. The van der Waals surface area contributed by atoms with Gasteiger partial charge in [0.1, 0.15) is 0 Å². The number of ether oxygens (including phenoxy) is 2. The predicted octanol–water partition coefficient (Wildman–Crippen LogP) is 3.30. The summed E-state index contributed by atoms with van der Waals surface area (Å²) in [6, 6.07) is 11.4. The average molecular weight is 375 g/mol. The molecule has 0 saturated carbocycles. The molecule has 0 bridgehead atoms. The number of hydrogen-bond acceptors (Lipinski definition) is 5. The summed E-state index contributed by atoms with van der Waals surface area (Å²) < 4.78 is 11.4.